The smallest absolute Gasteiger partial charge is 0.212 e. The number of halogens is 1. The molecular formula is C12H12IN. The van der Waals surface area contributed by atoms with E-state index in [9.17, 15) is 0 Å². The predicted octanol–water partition coefficient (Wildman–Crippen LogP) is -0.818. The van der Waals surface area contributed by atoms with Crippen LogP contribution in [0.5, 0.6) is 0 Å². The van der Waals surface area contributed by atoms with Crippen molar-refractivity contribution in [1.29, 1.82) is 0 Å². The van der Waals surface area contributed by atoms with E-state index < -0.39 is 0 Å². The Balaban J connectivity index is 0.000000980. The molecule has 0 radical (unpaired) electrons. The highest BCUT2D eigenvalue weighted by molar-refractivity contribution is 5.55. The van der Waals surface area contributed by atoms with Crippen LogP contribution in [0.4, 0.5) is 0 Å². The van der Waals surface area contributed by atoms with Crippen LogP contribution in [-0.4, -0.2) is 0 Å². The van der Waals surface area contributed by atoms with Gasteiger partial charge in [0, 0.05) is 17.7 Å². The normalized spacial score (nSPS) is 9.21. The second-order valence-electron chi connectivity index (χ2n) is 3.06. The second kappa shape index (κ2) is 5.10. The molecule has 0 unspecified atom stereocenters. The Morgan fingerprint density at radius 3 is 2.14 bits per heavy atom. The number of aryl methyl sites for hydroxylation is 1. The first-order chi connectivity index (χ1) is 6.38. The molecule has 0 aliphatic heterocycles. The third-order valence-corrected chi connectivity index (χ3v) is 2.12. The van der Waals surface area contributed by atoms with Crippen molar-refractivity contribution < 1.29 is 28.5 Å². The van der Waals surface area contributed by atoms with E-state index in [1.165, 1.54) is 11.3 Å². The SMILES string of the molecule is C[n+]1ccccc1-c1ccccc1.[I-]. The molecule has 0 aliphatic carbocycles. The van der Waals surface area contributed by atoms with Gasteiger partial charge in [0.25, 0.3) is 0 Å². The first kappa shape index (κ1) is 11.2. The molecule has 1 aromatic carbocycles. The van der Waals surface area contributed by atoms with Crippen molar-refractivity contribution in [2.24, 2.45) is 7.05 Å². The molecule has 0 saturated heterocycles. The summed E-state index contributed by atoms with van der Waals surface area (Å²) in [7, 11) is 2.06. The highest BCUT2D eigenvalue weighted by atomic mass is 127. The maximum absolute atomic E-state index is 2.12. The van der Waals surface area contributed by atoms with Crippen LogP contribution < -0.4 is 28.5 Å². The van der Waals surface area contributed by atoms with Crippen molar-refractivity contribution in [1.82, 2.24) is 0 Å². The van der Waals surface area contributed by atoms with Crippen LogP contribution in [-0.2, 0) is 7.05 Å². The van der Waals surface area contributed by atoms with E-state index in [4.69, 9.17) is 0 Å². The zero-order valence-electron chi connectivity index (χ0n) is 8.02. The fourth-order valence-electron chi connectivity index (χ4n) is 1.43. The van der Waals surface area contributed by atoms with Crippen LogP contribution in [0.1, 0.15) is 0 Å². The van der Waals surface area contributed by atoms with Crippen molar-refractivity contribution in [3.63, 3.8) is 0 Å². The zero-order valence-corrected chi connectivity index (χ0v) is 10.2. The molecule has 0 bridgehead atoms. The molecule has 14 heavy (non-hydrogen) atoms. The minimum absolute atomic E-state index is 0. The molecule has 0 atom stereocenters. The Hall–Kier alpha value is -0.900. The molecule has 72 valence electrons. The Morgan fingerprint density at radius 2 is 1.50 bits per heavy atom. The van der Waals surface area contributed by atoms with Gasteiger partial charge in [0.1, 0.15) is 7.05 Å². The Bertz CT molecular complexity index is 398. The van der Waals surface area contributed by atoms with E-state index in [0.717, 1.165) is 0 Å². The number of hydrogen-bond donors (Lipinski definition) is 0. The summed E-state index contributed by atoms with van der Waals surface area (Å²) in [6.07, 6.45) is 2.06. The van der Waals surface area contributed by atoms with Gasteiger partial charge in [-0.3, -0.25) is 0 Å². The van der Waals surface area contributed by atoms with Crippen molar-refractivity contribution in [2.45, 2.75) is 0 Å². The van der Waals surface area contributed by atoms with E-state index in [1.807, 2.05) is 12.1 Å². The molecule has 2 aromatic rings. The summed E-state index contributed by atoms with van der Waals surface area (Å²) in [5.74, 6) is 0. The first-order valence-corrected chi connectivity index (χ1v) is 4.38. The maximum atomic E-state index is 2.12. The van der Waals surface area contributed by atoms with Gasteiger partial charge in [-0.05, 0) is 18.2 Å². The van der Waals surface area contributed by atoms with Crippen molar-refractivity contribution in [2.75, 3.05) is 0 Å². The van der Waals surface area contributed by atoms with Crippen LogP contribution >= 0.6 is 0 Å². The zero-order chi connectivity index (χ0) is 9.10. The maximum Gasteiger partial charge on any atom is 0.212 e. The van der Waals surface area contributed by atoms with Crippen LogP contribution in [0.15, 0.2) is 54.7 Å². The average Bonchev–Trinajstić information content (AvgIpc) is 2.20. The summed E-state index contributed by atoms with van der Waals surface area (Å²) in [5, 5.41) is 0. The molecule has 0 aliphatic rings. The van der Waals surface area contributed by atoms with Crippen molar-refractivity contribution >= 4 is 0 Å². The molecule has 1 heterocycles. The summed E-state index contributed by atoms with van der Waals surface area (Å²) >= 11 is 0. The lowest BCUT2D eigenvalue weighted by atomic mass is 10.1. The minimum atomic E-state index is 0. The molecule has 0 spiro atoms. The van der Waals surface area contributed by atoms with Crippen molar-refractivity contribution in [3.05, 3.63) is 54.7 Å². The molecule has 2 rings (SSSR count). The van der Waals surface area contributed by atoms with E-state index in [1.54, 1.807) is 0 Å². The number of aromatic nitrogens is 1. The van der Waals surface area contributed by atoms with Crippen LogP contribution in [0.25, 0.3) is 11.3 Å². The van der Waals surface area contributed by atoms with Crippen LogP contribution in [0, 0.1) is 0 Å². The molecule has 2 heteroatoms. The summed E-state index contributed by atoms with van der Waals surface area (Å²) in [4.78, 5) is 0. The lowest BCUT2D eigenvalue weighted by Gasteiger charge is -1.97. The fourth-order valence-corrected chi connectivity index (χ4v) is 1.43. The quantitative estimate of drug-likeness (QED) is 0.478. The number of nitrogens with zero attached hydrogens (tertiary/aromatic N) is 1. The predicted molar refractivity (Wildman–Crippen MR) is 53.1 cm³/mol. The highest BCUT2D eigenvalue weighted by Crippen LogP contribution is 2.12. The lowest BCUT2D eigenvalue weighted by Crippen LogP contribution is -3.00. The summed E-state index contributed by atoms with van der Waals surface area (Å²) in [6.45, 7) is 0. The summed E-state index contributed by atoms with van der Waals surface area (Å²) in [5.41, 5.74) is 2.49. The average molecular weight is 297 g/mol. The number of hydrogen-bond acceptors (Lipinski definition) is 0. The third kappa shape index (κ3) is 2.32. The second-order valence-corrected chi connectivity index (χ2v) is 3.06. The standard InChI is InChI=1S/C12H12N.HI/c1-13-10-6-5-9-12(13)11-7-3-2-4-8-11;/h2-10H,1H3;1H/q+1;/p-1. The number of pyridine rings is 1. The Morgan fingerprint density at radius 1 is 0.857 bits per heavy atom. The Kier molecular flexibility index (Phi) is 4.07. The van der Waals surface area contributed by atoms with Gasteiger partial charge in [-0.2, -0.15) is 0 Å². The summed E-state index contributed by atoms with van der Waals surface area (Å²) in [6, 6.07) is 16.6. The summed E-state index contributed by atoms with van der Waals surface area (Å²) < 4.78 is 2.12. The molecule has 0 N–H and O–H groups in total. The fraction of sp³-hybridized carbons (Fsp3) is 0.0833. The van der Waals surface area contributed by atoms with Gasteiger partial charge < -0.3 is 24.0 Å². The van der Waals surface area contributed by atoms with Crippen LogP contribution in [0.3, 0.4) is 0 Å². The van der Waals surface area contributed by atoms with Crippen molar-refractivity contribution in [3.8, 4) is 11.3 Å². The monoisotopic (exact) mass is 297 g/mol. The number of rotatable bonds is 1. The molecule has 0 amide bonds. The molecule has 1 nitrogen and oxygen atoms in total. The van der Waals surface area contributed by atoms with Gasteiger partial charge in [-0.15, -0.1) is 0 Å². The van der Waals surface area contributed by atoms with E-state index >= 15 is 0 Å². The van der Waals surface area contributed by atoms with E-state index in [2.05, 4.69) is 54.2 Å². The largest absolute Gasteiger partial charge is 1.00 e. The number of benzene rings is 1. The van der Waals surface area contributed by atoms with E-state index in [-0.39, 0.29) is 24.0 Å². The minimum Gasteiger partial charge on any atom is -1.00 e. The third-order valence-electron chi connectivity index (χ3n) is 2.12. The molecule has 0 fully saturated rings. The Labute approximate surface area is 101 Å². The van der Waals surface area contributed by atoms with Gasteiger partial charge in [-0.1, -0.05) is 18.2 Å². The van der Waals surface area contributed by atoms with Gasteiger partial charge in [0.2, 0.25) is 5.69 Å². The molecular weight excluding hydrogens is 285 g/mol. The van der Waals surface area contributed by atoms with Gasteiger partial charge in [0.05, 0.1) is 0 Å². The lowest BCUT2D eigenvalue weighted by molar-refractivity contribution is -0.660. The topological polar surface area (TPSA) is 3.88 Å². The van der Waals surface area contributed by atoms with Gasteiger partial charge in [0.15, 0.2) is 6.20 Å². The molecule has 1 aromatic heterocycles. The highest BCUT2D eigenvalue weighted by Gasteiger charge is 2.05. The first-order valence-electron chi connectivity index (χ1n) is 4.38. The van der Waals surface area contributed by atoms with E-state index in [0.29, 0.717) is 0 Å². The molecule has 0 saturated carbocycles. The van der Waals surface area contributed by atoms with Gasteiger partial charge in [-0.25, -0.2) is 4.57 Å². The van der Waals surface area contributed by atoms with Gasteiger partial charge >= 0.3 is 0 Å². The van der Waals surface area contributed by atoms with Crippen LogP contribution in [0.2, 0.25) is 0 Å².